The van der Waals surface area contributed by atoms with E-state index in [1.165, 1.54) is 12.1 Å². The van der Waals surface area contributed by atoms with Gasteiger partial charge in [-0.25, -0.2) is 10.8 Å². The summed E-state index contributed by atoms with van der Waals surface area (Å²) in [6.07, 6.45) is 6.58. The minimum Gasteiger partial charge on any atom is -0.367 e. The second kappa shape index (κ2) is 6.76. The number of pyridine rings is 1. The first kappa shape index (κ1) is 14.9. The number of hydrazine groups is 1. The van der Waals surface area contributed by atoms with Gasteiger partial charge in [0, 0.05) is 11.3 Å². The van der Waals surface area contributed by atoms with E-state index in [0.717, 1.165) is 30.9 Å². The molecule has 7 nitrogen and oxygen atoms in total. The van der Waals surface area contributed by atoms with Crippen LogP contribution in [0.4, 0.5) is 17.3 Å². The van der Waals surface area contributed by atoms with Gasteiger partial charge in [0.25, 0.3) is 5.69 Å². The molecule has 0 radical (unpaired) electrons. The highest BCUT2D eigenvalue weighted by atomic mass is 32.2. The molecule has 20 heavy (non-hydrogen) atoms. The fraction of sp³-hybridized carbons (Fsp3) is 0.583. The third-order valence-corrected chi connectivity index (χ3v) is 4.67. The molecule has 0 aliphatic heterocycles. The summed E-state index contributed by atoms with van der Waals surface area (Å²) in [5.41, 5.74) is 2.34. The maximum Gasteiger partial charge on any atom is 0.276 e. The normalized spacial score (nSPS) is 22.3. The van der Waals surface area contributed by atoms with Gasteiger partial charge < -0.3 is 10.7 Å². The van der Waals surface area contributed by atoms with Gasteiger partial charge in [-0.15, -0.1) is 0 Å². The van der Waals surface area contributed by atoms with E-state index in [4.69, 9.17) is 5.84 Å². The van der Waals surface area contributed by atoms with Crippen LogP contribution in [0.15, 0.2) is 12.1 Å². The maximum absolute atomic E-state index is 10.9. The molecule has 0 spiro atoms. The van der Waals surface area contributed by atoms with Gasteiger partial charge in [0.05, 0.1) is 17.1 Å². The number of nitrogen functional groups attached to an aromatic ring is 1. The van der Waals surface area contributed by atoms with Crippen molar-refractivity contribution in [3.05, 3.63) is 22.2 Å². The van der Waals surface area contributed by atoms with Gasteiger partial charge in [-0.1, -0.05) is 0 Å². The summed E-state index contributed by atoms with van der Waals surface area (Å²) in [5, 5.41) is 14.9. The molecule has 0 aromatic carbocycles. The largest absolute Gasteiger partial charge is 0.367 e. The van der Waals surface area contributed by atoms with E-state index < -0.39 is 4.92 Å². The number of nitrogens with two attached hydrogens (primary N) is 1. The number of thioether (sulfide) groups is 1. The molecule has 8 heteroatoms. The molecule has 0 unspecified atom stereocenters. The molecule has 1 aromatic heterocycles. The third-order valence-electron chi connectivity index (χ3n) is 3.53. The number of hydrogen-bond acceptors (Lipinski definition) is 7. The number of nitrogens with zero attached hydrogens (tertiary/aromatic N) is 2. The molecule has 2 rings (SSSR count). The fourth-order valence-corrected chi connectivity index (χ4v) is 3.17. The highest BCUT2D eigenvalue weighted by molar-refractivity contribution is 7.99. The standard InChI is InChI=1S/C12H19N5O2S/c1-20-10-4-2-8(3-5-10)14-11-6-9(17(18)19)7-12(15-11)16-13/h6-8,10H,2-5,13H2,1H3,(H2,14,15,16). The van der Waals surface area contributed by atoms with E-state index in [1.807, 2.05) is 11.8 Å². The van der Waals surface area contributed by atoms with E-state index in [1.54, 1.807) is 0 Å². The summed E-state index contributed by atoms with van der Waals surface area (Å²) in [4.78, 5) is 14.6. The van der Waals surface area contributed by atoms with Gasteiger partial charge in [-0.3, -0.25) is 10.1 Å². The second-order valence-electron chi connectivity index (χ2n) is 4.85. The Morgan fingerprint density at radius 1 is 1.35 bits per heavy atom. The van der Waals surface area contributed by atoms with Crippen molar-refractivity contribution in [2.45, 2.75) is 37.0 Å². The molecule has 110 valence electrons. The molecule has 0 saturated heterocycles. The molecule has 0 atom stereocenters. The maximum atomic E-state index is 10.9. The van der Waals surface area contributed by atoms with Crippen molar-refractivity contribution in [1.82, 2.24) is 4.98 Å². The fourth-order valence-electron chi connectivity index (χ4n) is 2.42. The Labute approximate surface area is 121 Å². The van der Waals surface area contributed by atoms with Gasteiger partial charge in [-0.2, -0.15) is 11.8 Å². The van der Waals surface area contributed by atoms with Crippen LogP contribution in [0.1, 0.15) is 25.7 Å². The predicted octanol–water partition coefficient (Wildman–Crippen LogP) is 2.36. The molecule has 1 aromatic rings. The molecule has 4 N–H and O–H groups in total. The summed E-state index contributed by atoms with van der Waals surface area (Å²) in [6, 6.07) is 3.08. The number of aromatic nitrogens is 1. The van der Waals surface area contributed by atoms with E-state index in [2.05, 4.69) is 22.0 Å². The van der Waals surface area contributed by atoms with Crippen LogP contribution in [0.5, 0.6) is 0 Å². The Kier molecular flexibility index (Phi) is 5.02. The zero-order valence-electron chi connectivity index (χ0n) is 11.3. The molecule has 1 aliphatic carbocycles. The molecular weight excluding hydrogens is 278 g/mol. The van der Waals surface area contributed by atoms with Crippen molar-refractivity contribution in [3.8, 4) is 0 Å². The molecular formula is C12H19N5O2S. The SMILES string of the molecule is CSC1CCC(Nc2cc([N+](=O)[O-])cc(NN)n2)CC1. The van der Waals surface area contributed by atoms with Gasteiger partial charge in [0.1, 0.15) is 11.6 Å². The van der Waals surface area contributed by atoms with Crippen LogP contribution in [0.25, 0.3) is 0 Å². The van der Waals surface area contributed by atoms with Crippen LogP contribution < -0.4 is 16.6 Å². The first-order valence-corrected chi connectivity index (χ1v) is 7.83. The first-order chi connectivity index (χ1) is 9.62. The Bertz CT molecular complexity index is 477. The van der Waals surface area contributed by atoms with Crippen molar-refractivity contribution in [2.24, 2.45) is 5.84 Å². The van der Waals surface area contributed by atoms with Crippen molar-refractivity contribution in [3.63, 3.8) is 0 Å². The topological polar surface area (TPSA) is 106 Å². The van der Waals surface area contributed by atoms with Crippen LogP contribution in [0.2, 0.25) is 0 Å². The summed E-state index contributed by atoms with van der Waals surface area (Å²) in [5.74, 6) is 6.08. The third kappa shape index (κ3) is 3.73. The minimum absolute atomic E-state index is 0.0201. The number of nitro groups is 1. The Hall–Kier alpha value is -1.54. The average Bonchev–Trinajstić information content (AvgIpc) is 2.47. The second-order valence-corrected chi connectivity index (χ2v) is 5.99. The summed E-state index contributed by atoms with van der Waals surface area (Å²) in [7, 11) is 0. The lowest BCUT2D eigenvalue weighted by molar-refractivity contribution is -0.384. The quantitative estimate of drug-likeness (QED) is 0.435. The average molecular weight is 297 g/mol. The zero-order chi connectivity index (χ0) is 14.5. The summed E-state index contributed by atoms with van der Waals surface area (Å²) >= 11 is 1.91. The van der Waals surface area contributed by atoms with E-state index >= 15 is 0 Å². The van der Waals surface area contributed by atoms with Gasteiger partial charge in [0.2, 0.25) is 0 Å². The van der Waals surface area contributed by atoms with E-state index in [0.29, 0.717) is 17.7 Å². The van der Waals surface area contributed by atoms with Crippen LogP contribution >= 0.6 is 11.8 Å². The molecule has 1 fully saturated rings. The predicted molar refractivity (Wildman–Crippen MR) is 81.9 cm³/mol. The summed E-state index contributed by atoms with van der Waals surface area (Å²) in [6.45, 7) is 0. The Balaban J connectivity index is 2.05. The van der Waals surface area contributed by atoms with Crippen molar-refractivity contribution >= 4 is 29.1 Å². The number of rotatable bonds is 5. The highest BCUT2D eigenvalue weighted by Crippen LogP contribution is 2.29. The smallest absolute Gasteiger partial charge is 0.276 e. The lowest BCUT2D eigenvalue weighted by Gasteiger charge is -2.28. The molecule has 1 heterocycles. The zero-order valence-corrected chi connectivity index (χ0v) is 12.2. The first-order valence-electron chi connectivity index (χ1n) is 6.54. The lowest BCUT2D eigenvalue weighted by Crippen LogP contribution is -2.27. The van der Waals surface area contributed by atoms with Gasteiger partial charge in [-0.05, 0) is 31.9 Å². The van der Waals surface area contributed by atoms with Crippen LogP contribution in [-0.4, -0.2) is 27.5 Å². The van der Waals surface area contributed by atoms with Crippen molar-refractivity contribution < 1.29 is 4.92 Å². The van der Waals surface area contributed by atoms with Crippen molar-refractivity contribution in [2.75, 3.05) is 17.0 Å². The molecule has 1 aliphatic rings. The Morgan fingerprint density at radius 2 is 2.00 bits per heavy atom. The number of hydrogen-bond donors (Lipinski definition) is 3. The monoisotopic (exact) mass is 297 g/mol. The minimum atomic E-state index is -0.446. The van der Waals surface area contributed by atoms with Gasteiger partial charge in [0.15, 0.2) is 0 Å². The molecule has 0 bridgehead atoms. The molecule has 1 saturated carbocycles. The van der Waals surface area contributed by atoms with Crippen molar-refractivity contribution in [1.29, 1.82) is 0 Å². The summed E-state index contributed by atoms with van der Waals surface area (Å²) < 4.78 is 0. The Morgan fingerprint density at radius 3 is 2.55 bits per heavy atom. The van der Waals surface area contributed by atoms with E-state index in [-0.39, 0.29) is 5.69 Å². The number of anilines is 2. The van der Waals surface area contributed by atoms with Crippen LogP contribution in [-0.2, 0) is 0 Å². The van der Waals surface area contributed by atoms with Gasteiger partial charge >= 0.3 is 0 Å². The van der Waals surface area contributed by atoms with Crippen LogP contribution in [0, 0.1) is 10.1 Å². The number of nitrogens with one attached hydrogen (secondary N) is 2. The van der Waals surface area contributed by atoms with E-state index in [9.17, 15) is 10.1 Å². The molecule has 0 amide bonds. The highest BCUT2D eigenvalue weighted by Gasteiger charge is 2.21. The lowest BCUT2D eigenvalue weighted by atomic mass is 9.95. The van der Waals surface area contributed by atoms with Crippen LogP contribution in [0.3, 0.4) is 0 Å².